The number of nitrogens with zero attached hydrogens (tertiary/aromatic N) is 4. The van der Waals surface area contributed by atoms with Gasteiger partial charge in [-0.15, -0.1) is 18.5 Å². The Bertz CT molecular complexity index is 1330. The van der Waals surface area contributed by atoms with Crippen LogP contribution in [0.2, 0.25) is 39.3 Å². The van der Waals surface area contributed by atoms with Crippen molar-refractivity contribution in [3.8, 4) is 0 Å². The second-order valence-electron chi connectivity index (χ2n) is 15.0. The monoisotopic (exact) mass is 604 g/mol. The molecule has 0 saturated heterocycles. The van der Waals surface area contributed by atoms with Crippen LogP contribution in [-0.4, -0.2) is 42.2 Å². The lowest BCUT2D eigenvalue weighted by atomic mass is 9.43. The van der Waals surface area contributed by atoms with Crippen molar-refractivity contribution in [2.45, 2.75) is 82.0 Å². The Morgan fingerprint density at radius 1 is 0.800 bits per heavy atom. The predicted octanol–water partition coefficient (Wildman–Crippen LogP) is 6.09. The van der Waals surface area contributed by atoms with E-state index in [2.05, 4.69) is 79.9 Å². The molecule has 1 aromatic carbocycles. The minimum atomic E-state index is -1.69. The molecule has 4 aliphatic rings. The average Bonchev–Trinajstić information content (AvgIpc) is 2.91. The molecule has 212 valence electrons. The first kappa shape index (κ1) is 28.8. The summed E-state index contributed by atoms with van der Waals surface area (Å²) in [5, 5.41) is 2.66. The van der Waals surface area contributed by atoms with Gasteiger partial charge in [-0.05, 0) is 78.5 Å². The predicted molar refractivity (Wildman–Crippen MR) is 179 cm³/mol. The van der Waals surface area contributed by atoms with E-state index in [-0.39, 0.29) is 5.41 Å². The van der Waals surface area contributed by atoms with Gasteiger partial charge in [0, 0.05) is 24.8 Å². The van der Waals surface area contributed by atoms with Gasteiger partial charge in [0.1, 0.15) is 0 Å². The molecular formula is C32H46N4P2Si2. The van der Waals surface area contributed by atoms with Crippen LogP contribution in [0.15, 0.2) is 49.3 Å². The van der Waals surface area contributed by atoms with Crippen molar-refractivity contribution in [2.75, 3.05) is 6.16 Å². The van der Waals surface area contributed by atoms with Gasteiger partial charge in [-0.25, -0.2) is 0 Å². The normalized spacial score (nSPS) is 28.2. The van der Waals surface area contributed by atoms with Crippen LogP contribution in [0.1, 0.15) is 54.6 Å². The van der Waals surface area contributed by atoms with E-state index >= 15 is 0 Å². The highest BCUT2D eigenvalue weighted by molar-refractivity contribution is 7.19. The Labute approximate surface area is 247 Å². The van der Waals surface area contributed by atoms with Crippen molar-refractivity contribution in [2.24, 2.45) is 23.7 Å². The summed E-state index contributed by atoms with van der Waals surface area (Å²) >= 11 is 0. The Morgan fingerprint density at radius 3 is 1.77 bits per heavy atom. The van der Waals surface area contributed by atoms with Crippen molar-refractivity contribution in [3.63, 3.8) is 0 Å². The van der Waals surface area contributed by atoms with Crippen molar-refractivity contribution < 1.29 is 0 Å². The van der Waals surface area contributed by atoms with Gasteiger partial charge in [0.05, 0.1) is 45.1 Å². The smallest absolute Gasteiger partial charge is 0.0967 e. The molecule has 0 spiro atoms. The van der Waals surface area contributed by atoms with E-state index in [4.69, 9.17) is 9.97 Å². The molecule has 4 bridgehead atoms. The van der Waals surface area contributed by atoms with Crippen molar-refractivity contribution in [1.82, 2.24) is 19.9 Å². The van der Waals surface area contributed by atoms with Crippen LogP contribution in [0.3, 0.4) is 0 Å². The first-order valence-electron chi connectivity index (χ1n) is 15.1. The third-order valence-electron chi connectivity index (χ3n) is 10.4. The van der Waals surface area contributed by atoms with Crippen LogP contribution in [0.5, 0.6) is 0 Å². The van der Waals surface area contributed by atoms with Crippen molar-refractivity contribution in [3.05, 3.63) is 71.8 Å². The van der Waals surface area contributed by atoms with Crippen LogP contribution in [0, 0.1) is 23.7 Å². The molecule has 5 atom stereocenters. The van der Waals surface area contributed by atoms with E-state index in [1.165, 1.54) is 43.8 Å². The van der Waals surface area contributed by atoms with Gasteiger partial charge in [-0.3, -0.25) is 19.9 Å². The second kappa shape index (κ2) is 10.1. The number of benzene rings is 1. The largest absolute Gasteiger partial charge is 0.261 e. The summed E-state index contributed by atoms with van der Waals surface area (Å²) < 4.78 is 0. The lowest BCUT2D eigenvalue weighted by Gasteiger charge is -2.62. The molecule has 2 heterocycles. The fraction of sp³-hybridized carbons (Fsp3) is 0.562. The molecular weight excluding hydrogens is 559 g/mol. The van der Waals surface area contributed by atoms with Crippen LogP contribution in [0.25, 0.3) is 0 Å². The maximum atomic E-state index is 4.96. The molecule has 0 N–H and O–H groups in total. The molecule has 2 aromatic heterocycles. The highest BCUT2D eigenvalue weighted by atomic mass is 31.0. The van der Waals surface area contributed by atoms with Gasteiger partial charge in [0.2, 0.25) is 0 Å². The van der Waals surface area contributed by atoms with Crippen molar-refractivity contribution >= 4 is 45.0 Å². The lowest BCUT2D eigenvalue weighted by Crippen LogP contribution is -2.60. The summed E-state index contributed by atoms with van der Waals surface area (Å²) in [6.07, 6.45) is 19.2. The molecule has 3 aromatic rings. The summed E-state index contributed by atoms with van der Waals surface area (Å²) in [6, 6.07) is 5.39. The first-order valence-corrected chi connectivity index (χ1v) is 23.5. The second-order valence-corrected chi connectivity index (χ2v) is 26.5. The van der Waals surface area contributed by atoms with Gasteiger partial charge < -0.3 is 0 Å². The molecule has 0 aliphatic heterocycles. The zero-order chi connectivity index (χ0) is 28.5. The minimum absolute atomic E-state index is 0.199. The molecule has 8 heteroatoms. The van der Waals surface area contributed by atoms with E-state index in [0.29, 0.717) is 5.92 Å². The van der Waals surface area contributed by atoms with E-state index in [1.54, 1.807) is 28.3 Å². The molecule has 0 radical (unpaired) electrons. The SMILES string of the molecule is C[Si](C)(C)c1cc(C(P)(c2cnccn2)c2cnccn2)c(C23CC4CC(CC(C4)C2CP)C3)cc1[Si](C)(C)C. The Balaban J connectivity index is 1.73. The van der Waals surface area contributed by atoms with Gasteiger partial charge in [-0.1, -0.05) is 61.8 Å². The third-order valence-corrected chi connectivity index (χ3v) is 16.2. The summed E-state index contributed by atoms with van der Waals surface area (Å²) in [7, 11) is 3.10. The summed E-state index contributed by atoms with van der Waals surface area (Å²) in [5.41, 5.74) is 5.02. The molecule has 4 saturated carbocycles. The molecule has 0 amide bonds. The maximum Gasteiger partial charge on any atom is 0.0967 e. The van der Waals surface area contributed by atoms with Crippen LogP contribution >= 0.6 is 18.5 Å². The lowest BCUT2D eigenvalue weighted by molar-refractivity contribution is -0.0521. The number of aromatic nitrogens is 4. The number of hydrogen-bond acceptors (Lipinski definition) is 4. The fourth-order valence-corrected chi connectivity index (χ4v) is 15.5. The zero-order valence-corrected chi connectivity index (χ0v) is 29.4. The Kier molecular flexibility index (Phi) is 7.30. The molecule has 40 heavy (non-hydrogen) atoms. The van der Waals surface area contributed by atoms with Gasteiger partial charge >= 0.3 is 0 Å². The van der Waals surface area contributed by atoms with Crippen molar-refractivity contribution in [1.29, 1.82) is 0 Å². The maximum absolute atomic E-state index is 4.96. The van der Waals surface area contributed by atoms with E-state index < -0.39 is 21.3 Å². The highest BCUT2D eigenvalue weighted by Gasteiger charge is 2.58. The van der Waals surface area contributed by atoms with E-state index in [1.807, 2.05) is 24.8 Å². The van der Waals surface area contributed by atoms with Gasteiger partial charge in [0.25, 0.3) is 0 Å². The minimum Gasteiger partial charge on any atom is -0.261 e. The molecule has 5 unspecified atom stereocenters. The highest BCUT2D eigenvalue weighted by Crippen LogP contribution is 2.65. The molecule has 7 rings (SSSR count). The molecule has 4 aliphatic carbocycles. The summed E-state index contributed by atoms with van der Waals surface area (Å²) in [6.45, 7) is 15.2. The average molecular weight is 605 g/mol. The third kappa shape index (κ3) is 4.60. The van der Waals surface area contributed by atoms with Crippen LogP contribution < -0.4 is 10.4 Å². The summed E-state index contributed by atoms with van der Waals surface area (Å²) in [4.78, 5) is 19.1. The first-order chi connectivity index (χ1) is 18.9. The Morgan fingerprint density at radius 2 is 1.32 bits per heavy atom. The molecule has 4 fully saturated rings. The number of rotatable bonds is 7. The van der Waals surface area contributed by atoms with E-state index in [9.17, 15) is 0 Å². The standard InChI is InChI=1S/C32H46N4P2Si2/c1-39(2,3)27-14-24(31-16-21-11-22(17-31)13-23(12-21)26(31)20-37)25(15-28(27)40(4,5)6)32(38,29-18-33-7-9-35-29)30-19-34-8-10-36-30/h7-10,14-15,18-19,21-23,26H,11-13,16-17,20,37-38H2,1-6H3. The fourth-order valence-electron chi connectivity index (χ4n) is 8.97. The van der Waals surface area contributed by atoms with Gasteiger partial charge in [-0.2, -0.15) is 0 Å². The summed E-state index contributed by atoms with van der Waals surface area (Å²) in [5.74, 6) is 3.26. The zero-order valence-electron chi connectivity index (χ0n) is 25.1. The topological polar surface area (TPSA) is 51.6 Å². The van der Waals surface area contributed by atoms with Crippen LogP contribution in [-0.2, 0) is 10.6 Å². The number of hydrogen-bond donors (Lipinski definition) is 0. The quantitative estimate of drug-likeness (QED) is 0.242. The van der Waals surface area contributed by atoms with E-state index in [0.717, 1.165) is 29.1 Å². The van der Waals surface area contributed by atoms with Gasteiger partial charge in [0.15, 0.2) is 0 Å². The van der Waals surface area contributed by atoms with Crippen LogP contribution in [0.4, 0.5) is 0 Å². The Hall–Kier alpha value is -1.33. The molecule has 4 nitrogen and oxygen atoms in total.